The number of rotatable bonds is 6. The van der Waals surface area contributed by atoms with Crippen LogP contribution in [0.2, 0.25) is 5.02 Å². The fourth-order valence-electron chi connectivity index (χ4n) is 3.73. The summed E-state index contributed by atoms with van der Waals surface area (Å²) in [5, 5.41) is 8.91. The largest absolute Gasteiger partial charge is 0.366 e. The van der Waals surface area contributed by atoms with Crippen LogP contribution in [0.5, 0.6) is 0 Å². The van der Waals surface area contributed by atoms with Gasteiger partial charge in [0.2, 0.25) is 5.95 Å². The van der Waals surface area contributed by atoms with Crippen LogP contribution in [0.3, 0.4) is 0 Å². The molecule has 0 radical (unpaired) electrons. The van der Waals surface area contributed by atoms with E-state index >= 15 is 0 Å². The van der Waals surface area contributed by atoms with E-state index in [1.807, 2.05) is 43.3 Å². The van der Waals surface area contributed by atoms with Crippen molar-refractivity contribution in [1.29, 1.82) is 0 Å². The standard InChI is InChI=1S/C22H23ClN4/c1-13-6-11-16(12-18(13)23)24-22-25-19-5-3-2-4-17(19)21(27-22)26-20(14-7-8-14)15-9-10-15/h2-6,11-12,14-15,20H,7-10H2,1H3,(H2,24,25,26,27). The third-order valence-corrected chi connectivity index (χ3v) is 6.00. The lowest BCUT2D eigenvalue weighted by atomic mass is 10.1. The molecule has 2 aliphatic rings. The van der Waals surface area contributed by atoms with Crippen LogP contribution in [-0.2, 0) is 0 Å². The van der Waals surface area contributed by atoms with Gasteiger partial charge in [0.1, 0.15) is 5.82 Å². The minimum atomic E-state index is 0.546. The predicted molar refractivity (Wildman–Crippen MR) is 112 cm³/mol. The summed E-state index contributed by atoms with van der Waals surface area (Å²) in [6.07, 6.45) is 5.35. The first-order valence-electron chi connectivity index (χ1n) is 9.74. The first-order chi connectivity index (χ1) is 13.2. The van der Waals surface area contributed by atoms with Crippen LogP contribution in [0, 0.1) is 18.8 Å². The summed E-state index contributed by atoms with van der Waals surface area (Å²) in [5.41, 5.74) is 2.90. The van der Waals surface area contributed by atoms with Crippen molar-refractivity contribution < 1.29 is 0 Å². The first-order valence-corrected chi connectivity index (χ1v) is 10.1. The molecule has 0 aliphatic heterocycles. The van der Waals surface area contributed by atoms with Gasteiger partial charge in [-0.25, -0.2) is 4.98 Å². The molecule has 0 unspecified atom stereocenters. The second-order valence-electron chi connectivity index (χ2n) is 7.85. The number of nitrogens with one attached hydrogen (secondary N) is 2. The Kier molecular flexibility index (Phi) is 4.16. The Morgan fingerprint density at radius 1 is 1.00 bits per heavy atom. The predicted octanol–water partition coefficient (Wildman–Crippen LogP) is 5.94. The van der Waals surface area contributed by atoms with Gasteiger partial charge in [0, 0.05) is 22.1 Å². The molecule has 0 atom stereocenters. The van der Waals surface area contributed by atoms with E-state index in [9.17, 15) is 0 Å². The second-order valence-corrected chi connectivity index (χ2v) is 8.25. The molecule has 0 bridgehead atoms. The maximum Gasteiger partial charge on any atom is 0.229 e. The number of para-hydroxylation sites is 1. The molecule has 5 heteroatoms. The van der Waals surface area contributed by atoms with Crippen LogP contribution in [0.15, 0.2) is 42.5 Å². The van der Waals surface area contributed by atoms with Crippen molar-refractivity contribution in [3.05, 3.63) is 53.1 Å². The molecule has 1 heterocycles. The fourth-order valence-corrected chi connectivity index (χ4v) is 3.91. The van der Waals surface area contributed by atoms with E-state index in [4.69, 9.17) is 21.6 Å². The van der Waals surface area contributed by atoms with Crippen LogP contribution in [0.25, 0.3) is 10.9 Å². The van der Waals surface area contributed by atoms with E-state index in [0.717, 1.165) is 44.8 Å². The monoisotopic (exact) mass is 378 g/mol. The minimum absolute atomic E-state index is 0.546. The molecule has 2 N–H and O–H groups in total. The van der Waals surface area contributed by atoms with Crippen LogP contribution >= 0.6 is 11.6 Å². The molecule has 0 amide bonds. The van der Waals surface area contributed by atoms with Crippen molar-refractivity contribution in [2.45, 2.75) is 38.6 Å². The van der Waals surface area contributed by atoms with Crippen LogP contribution in [-0.4, -0.2) is 16.0 Å². The summed E-state index contributed by atoms with van der Waals surface area (Å²) >= 11 is 6.27. The van der Waals surface area contributed by atoms with Gasteiger partial charge in [-0.05, 0) is 74.3 Å². The molecular weight excluding hydrogens is 356 g/mol. The highest BCUT2D eigenvalue weighted by Gasteiger charge is 2.41. The number of hydrogen-bond acceptors (Lipinski definition) is 4. The summed E-state index contributed by atoms with van der Waals surface area (Å²) in [7, 11) is 0. The van der Waals surface area contributed by atoms with E-state index in [1.54, 1.807) is 0 Å². The van der Waals surface area contributed by atoms with Crippen LogP contribution in [0.1, 0.15) is 31.2 Å². The summed E-state index contributed by atoms with van der Waals surface area (Å²) in [5.74, 6) is 3.14. The average Bonchev–Trinajstić information content (AvgIpc) is 3.55. The lowest BCUT2D eigenvalue weighted by Crippen LogP contribution is -2.25. The number of fused-ring (bicyclic) bond motifs is 1. The summed E-state index contributed by atoms with van der Waals surface area (Å²) in [4.78, 5) is 9.54. The highest BCUT2D eigenvalue weighted by atomic mass is 35.5. The van der Waals surface area contributed by atoms with Crippen molar-refractivity contribution in [2.75, 3.05) is 10.6 Å². The number of halogens is 1. The molecule has 5 rings (SSSR count). The van der Waals surface area contributed by atoms with Crippen molar-refractivity contribution in [1.82, 2.24) is 9.97 Å². The molecule has 2 aliphatic carbocycles. The molecule has 0 spiro atoms. The Bertz CT molecular complexity index is 983. The minimum Gasteiger partial charge on any atom is -0.366 e. The Balaban J connectivity index is 1.50. The first kappa shape index (κ1) is 16.8. The topological polar surface area (TPSA) is 49.8 Å². The highest BCUT2D eigenvalue weighted by molar-refractivity contribution is 6.31. The number of aromatic nitrogens is 2. The number of nitrogens with zero attached hydrogens (tertiary/aromatic N) is 2. The van der Waals surface area contributed by atoms with E-state index in [-0.39, 0.29) is 0 Å². The Labute approximate surface area is 164 Å². The van der Waals surface area contributed by atoms with E-state index in [0.29, 0.717) is 12.0 Å². The lowest BCUT2D eigenvalue weighted by molar-refractivity contribution is 0.566. The molecule has 0 saturated heterocycles. The van der Waals surface area contributed by atoms with Gasteiger partial charge >= 0.3 is 0 Å². The second kappa shape index (κ2) is 6.68. The van der Waals surface area contributed by atoms with Gasteiger partial charge in [0.05, 0.1) is 5.52 Å². The molecule has 4 nitrogen and oxygen atoms in total. The van der Waals surface area contributed by atoms with Gasteiger partial charge in [-0.1, -0.05) is 29.8 Å². The highest BCUT2D eigenvalue weighted by Crippen LogP contribution is 2.46. The fraction of sp³-hybridized carbons (Fsp3) is 0.364. The molecule has 2 fully saturated rings. The van der Waals surface area contributed by atoms with Crippen molar-refractivity contribution in [3.63, 3.8) is 0 Å². The van der Waals surface area contributed by atoms with Gasteiger partial charge in [-0.3, -0.25) is 0 Å². The molecule has 1 aromatic heterocycles. The maximum atomic E-state index is 6.27. The third kappa shape index (κ3) is 3.59. The molecule has 3 aromatic rings. The zero-order valence-corrected chi connectivity index (χ0v) is 16.1. The normalized spacial score (nSPS) is 16.7. The zero-order valence-electron chi connectivity index (χ0n) is 15.4. The zero-order chi connectivity index (χ0) is 18.4. The maximum absolute atomic E-state index is 6.27. The van der Waals surface area contributed by atoms with Crippen molar-refractivity contribution in [3.8, 4) is 0 Å². The third-order valence-electron chi connectivity index (χ3n) is 5.59. The van der Waals surface area contributed by atoms with Gasteiger partial charge in [0.25, 0.3) is 0 Å². The van der Waals surface area contributed by atoms with Gasteiger partial charge in [0.15, 0.2) is 0 Å². The Hall–Kier alpha value is -2.33. The molecule has 138 valence electrons. The number of aryl methyl sites for hydroxylation is 1. The van der Waals surface area contributed by atoms with E-state index in [2.05, 4.69) is 16.7 Å². The number of anilines is 3. The Morgan fingerprint density at radius 3 is 2.44 bits per heavy atom. The molecular formula is C22H23ClN4. The summed E-state index contributed by atoms with van der Waals surface area (Å²) in [6.45, 7) is 2.00. The van der Waals surface area contributed by atoms with Crippen molar-refractivity contribution >= 4 is 40.0 Å². The molecule has 2 aromatic carbocycles. The van der Waals surface area contributed by atoms with Gasteiger partial charge in [-0.2, -0.15) is 4.98 Å². The smallest absolute Gasteiger partial charge is 0.229 e. The van der Waals surface area contributed by atoms with E-state index < -0.39 is 0 Å². The van der Waals surface area contributed by atoms with Crippen LogP contribution in [0.4, 0.5) is 17.5 Å². The summed E-state index contributed by atoms with van der Waals surface area (Å²) in [6, 6.07) is 14.7. The average molecular weight is 379 g/mol. The Morgan fingerprint density at radius 2 is 1.74 bits per heavy atom. The van der Waals surface area contributed by atoms with E-state index in [1.165, 1.54) is 25.7 Å². The molecule has 2 saturated carbocycles. The quantitative estimate of drug-likeness (QED) is 0.557. The number of benzene rings is 2. The van der Waals surface area contributed by atoms with Gasteiger partial charge < -0.3 is 10.6 Å². The number of hydrogen-bond donors (Lipinski definition) is 2. The summed E-state index contributed by atoms with van der Waals surface area (Å²) < 4.78 is 0. The SMILES string of the molecule is Cc1ccc(Nc2nc(NC(C3CC3)C3CC3)c3ccccc3n2)cc1Cl. The van der Waals surface area contributed by atoms with Crippen LogP contribution < -0.4 is 10.6 Å². The van der Waals surface area contributed by atoms with Crippen molar-refractivity contribution in [2.24, 2.45) is 11.8 Å². The lowest BCUT2D eigenvalue weighted by Gasteiger charge is -2.20. The van der Waals surface area contributed by atoms with Gasteiger partial charge in [-0.15, -0.1) is 0 Å². The molecule has 27 heavy (non-hydrogen) atoms.